The molecule has 0 aromatic carbocycles. The van der Waals surface area contributed by atoms with E-state index in [4.69, 9.17) is 0 Å². The second kappa shape index (κ2) is 6.11. The molecule has 1 saturated heterocycles. The zero-order valence-electron chi connectivity index (χ0n) is 11.4. The van der Waals surface area contributed by atoms with Gasteiger partial charge in [-0.05, 0) is 44.5 Å². The van der Waals surface area contributed by atoms with Gasteiger partial charge in [0.2, 0.25) is 0 Å². The Kier molecular flexibility index (Phi) is 4.03. The van der Waals surface area contributed by atoms with Crippen molar-refractivity contribution < 1.29 is 0 Å². The van der Waals surface area contributed by atoms with Crippen LogP contribution in [0.2, 0.25) is 0 Å². The molecule has 6 heteroatoms. The van der Waals surface area contributed by atoms with Gasteiger partial charge in [-0.3, -0.25) is 9.78 Å². The van der Waals surface area contributed by atoms with Crippen molar-refractivity contribution >= 4 is 10.9 Å². The number of hydrogen-bond donors (Lipinski definition) is 3. The Bertz CT molecular complexity index is 633. The van der Waals surface area contributed by atoms with Gasteiger partial charge in [0.05, 0.1) is 17.4 Å². The minimum atomic E-state index is -0.116. The van der Waals surface area contributed by atoms with Gasteiger partial charge in [0.15, 0.2) is 0 Å². The summed E-state index contributed by atoms with van der Waals surface area (Å²) in [4.78, 5) is 22.9. The number of nitrogens with one attached hydrogen (secondary N) is 3. The van der Waals surface area contributed by atoms with Crippen LogP contribution in [-0.2, 0) is 6.54 Å². The van der Waals surface area contributed by atoms with E-state index in [1.54, 1.807) is 12.3 Å². The second-order valence-corrected chi connectivity index (χ2v) is 5.23. The lowest BCUT2D eigenvalue weighted by atomic mass is 10.00. The summed E-state index contributed by atoms with van der Waals surface area (Å²) in [5.74, 6) is 0.676. The van der Waals surface area contributed by atoms with Crippen molar-refractivity contribution in [3.05, 3.63) is 34.6 Å². The average Bonchev–Trinajstić information content (AvgIpc) is 2.49. The van der Waals surface area contributed by atoms with Gasteiger partial charge in [0.1, 0.15) is 5.52 Å². The van der Waals surface area contributed by atoms with Gasteiger partial charge < -0.3 is 15.6 Å². The zero-order chi connectivity index (χ0) is 13.8. The summed E-state index contributed by atoms with van der Waals surface area (Å²) >= 11 is 0. The molecule has 0 bridgehead atoms. The molecule has 0 aliphatic carbocycles. The van der Waals surface area contributed by atoms with Crippen molar-refractivity contribution in [1.82, 2.24) is 25.6 Å². The molecule has 1 atom stereocenters. The lowest BCUT2D eigenvalue weighted by molar-refractivity contribution is 0.359. The Morgan fingerprint density at radius 1 is 1.40 bits per heavy atom. The number of rotatable bonds is 4. The first-order chi connectivity index (χ1) is 9.84. The number of hydrogen-bond acceptors (Lipinski definition) is 5. The van der Waals surface area contributed by atoms with Gasteiger partial charge in [0, 0.05) is 12.7 Å². The quantitative estimate of drug-likeness (QED) is 0.751. The molecule has 0 unspecified atom stereocenters. The minimum Gasteiger partial charge on any atom is -0.316 e. The van der Waals surface area contributed by atoms with Crippen LogP contribution in [0.15, 0.2) is 23.4 Å². The van der Waals surface area contributed by atoms with Crippen molar-refractivity contribution in [1.29, 1.82) is 0 Å². The third-order valence-corrected chi connectivity index (χ3v) is 3.76. The molecule has 3 heterocycles. The van der Waals surface area contributed by atoms with Gasteiger partial charge in [-0.1, -0.05) is 0 Å². The van der Waals surface area contributed by atoms with E-state index in [2.05, 4.69) is 25.6 Å². The Morgan fingerprint density at radius 3 is 3.20 bits per heavy atom. The lowest BCUT2D eigenvalue weighted by Gasteiger charge is -2.22. The van der Waals surface area contributed by atoms with Crippen LogP contribution in [0, 0.1) is 5.92 Å². The largest absolute Gasteiger partial charge is 0.316 e. The highest BCUT2D eigenvalue weighted by molar-refractivity contribution is 5.78. The summed E-state index contributed by atoms with van der Waals surface area (Å²) in [6.45, 7) is 3.82. The Labute approximate surface area is 117 Å². The van der Waals surface area contributed by atoms with Crippen molar-refractivity contribution in [2.75, 3.05) is 19.6 Å². The molecule has 2 aromatic heterocycles. The predicted octanol–water partition coefficient (Wildman–Crippen LogP) is 0.407. The van der Waals surface area contributed by atoms with Crippen LogP contribution in [0.5, 0.6) is 0 Å². The van der Waals surface area contributed by atoms with Crippen LogP contribution in [0.3, 0.4) is 0 Å². The lowest BCUT2D eigenvalue weighted by Crippen LogP contribution is -2.36. The first-order valence-corrected chi connectivity index (χ1v) is 7.07. The minimum absolute atomic E-state index is 0.116. The molecule has 20 heavy (non-hydrogen) atoms. The van der Waals surface area contributed by atoms with E-state index in [-0.39, 0.29) is 5.56 Å². The summed E-state index contributed by atoms with van der Waals surface area (Å²) in [5.41, 5.74) is 1.40. The van der Waals surface area contributed by atoms with Crippen LogP contribution in [-0.4, -0.2) is 34.6 Å². The van der Waals surface area contributed by atoms with Crippen molar-refractivity contribution in [3.63, 3.8) is 0 Å². The SMILES string of the molecule is O=c1[nH]cnc2c(CNC[C@@H]3CCCNC3)nccc12. The van der Waals surface area contributed by atoms with Gasteiger partial charge in [-0.15, -0.1) is 0 Å². The first-order valence-electron chi connectivity index (χ1n) is 7.07. The maximum atomic E-state index is 11.7. The number of piperidine rings is 1. The molecule has 3 rings (SSSR count). The smallest absolute Gasteiger partial charge is 0.258 e. The van der Waals surface area contributed by atoms with E-state index in [1.165, 1.54) is 19.2 Å². The molecule has 0 amide bonds. The molecule has 0 radical (unpaired) electrons. The summed E-state index contributed by atoms with van der Waals surface area (Å²) in [5, 5.41) is 7.43. The van der Waals surface area contributed by atoms with E-state index in [0.717, 1.165) is 25.3 Å². The van der Waals surface area contributed by atoms with Crippen LogP contribution in [0.25, 0.3) is 10.9 Å². The molecule has 106 valence electrons. The average molecular weight is 273 g/mol. The normalized spacial score (nSPS) is 19.3. The molecular formula is C14H19N5O. The number of H-pyrrole nitrogens is 1. The fraction of sp³-hybridized carbons (Fsp3) is 0.500. The number of aromatic nitrogens is 3. The molecule has 6 nitrogen and oxygen atoms in total. The molecule has 1 aliphatic rings. The maximum Gasteiger partial charge on any atom is 0.258 e. The standard InChI is InChI=1S/C14H19N5O/c20-14-11-3-5-17-12(13(11)18-9-19-14)8-16-7-10-2-1-4-15-6-10/h3,5,9-10,15-16H,1-2,4,6-8H2,(H,18,19,20)/t10-/m1/s1. The molecule has 1 aliphatic heterocycles. The Balaban J connectivity index is 1.68. The van der Waals surface area contributed by atoms with Crippen LogP contribution in [0.4, 0.5) is 0 Å². The Morgan fingerprint density at radius 2 is 2.35 bits per heavy atom. The zero-order valence-corrected chi connectivity index (χ0v) is 11.4. The molecule has 2 aromatic rings. The maximum absolute atomic E-state index is 11.7. The highest BCUT2D eigenvalue weighted by Crippen LogP contribution is 2.11. The van der Waals surface area contributed by atoms with E-state index >= 15 is 0 Å². The van der Waals surface area contributed by atoms with Gasteiger partial charge in [0.25, 0.3) is 5.56 Å². The molecule has 0 spiro atoms. The highest BCUT2D eigenvalue weighted by Gasteiger charge is 2.13. The monoisotopic (exact) mass is 273 g/mol. The van der Waals surface area contributed by atoms with Crippen LogP contribution >= 0.6 is 0 Å². The fourth-order valence-electron chi connectivity index (χ4n) is 2.68. The molecule has 3 N–H and O–H groups in total. The van der Waals surface area contributed by atoms with Crippen molar-refractivity contribution in [2.45, 2.75) is 19.4 Å². The summed E-state index contributed by atoms with van der Waals surface area (Å²) in [7, 11) is 0. The van der Waals surface area contributed by atoms with E-state index < -0.39 is 0 Å². The topological polar surface area (TPSA) is 82.7 Å². The summed E-state index contributed by atoms with van der Waals surface area (Å²) in [6.07, 6.45) is 5.61. The van der Waals surface area contributed by atoms with Crippen LogP contribution in [0.1, 0.15) is 18.5 Å². The predicted molar refractivity (Wildman–Crippen MR) is 77.5 cm³/mol. The third kappa shape index (κ3) is 2.86. The van der Waals surface area contributed by atoms with E-state index in [9.17, 15) is 4.79 Å². The molecular weight excluding hydrogens is 254 g/mol. The number of nitrogens with zero attached hydrogens (tertiary/aromatic N) is 2. The van der Waals surface area contributed by atoms with E-state index in [1.807, 2.05) is 0 Å². The number of aromatic amines is 1. The number of fused-ring (bicyclic) bond motifs is 1. The Hall–Kier alpha value is -1.79. The van der Waals surface area contributed by atoms with Crippen molar-refractivity contribution in [2.24, 2.45) is 5.92 Å². The summed E-state index contributed by atoms with van der Waals surface area (Å²) in [6, 6.07) is 1.70. The van der Waals surface area contributed by atoms with Crippen molar-refractivity contribution in [3.8, 4) is 0 Å². The fourth-order valence-corrected chi connectivity index (χ4v) is 2.68. The second-order valence-electron chi connectivity index (χ2n) is 5.23. The first kappa shape index (κ1) is 13.2. The van der Waals surface area contributed by atoms with Crippen LogP contribution < -0.4 is 16.2 Å². The third-order valence-electron chi connectivity index (χ3n) is 3.76. The summed E-state index contributed by atoms with van der Waals surface area (Å²) < 4.78 is 0. The molecule has 1 fully saturated rings. The van der Waals surface area contributed by atoms with Gasteiger partial charge in [-0.25, -0.2) is 4.98 Å². The van der Waals surface area contributed by atoms with Gasteiger partial charge >= 0.3 is 0 Å². The van der Waals surface area contributed by atoms with E-state index in [0.29, 0.717) is 23.4 Å². The number of pyridine rings is 1. The highest BCUT2D eigenvalue weighted by atomic mass is 16.1. The molecule has 0 saturated carbocycles. The van der Waals surface area contributed by atoms with Gasteiger partial charge in [-0.2, -0.15) is 0 Å².